The van der Waals surface area contributed by atoms with E-state index in [-0.39, 0.29) is 106 Å². The first kappa shape index (κ1) is 102. The van der Waals surface area contributed by atoms with Crippen molar-refractivity contribution in [2.75, 3.05) is 31.9 Å². The van der Waals surface area contributed by atoms with Crippen molar-refractivity contribution in [1.82, 2.24) is 79.3 Å². The number of hydrogen-bond acceptors (Lipinski definition) is 24. The fraction of sp³-hybridized carbons (Fsp3) is 0.587. The molecule has 1 aliphatic rings. The quantitative estimate of drug-likeness (QED) is 0.0127. The number of hydrogen-bond donors (Lipinski definition) is 27. The minimum atomic E-state index is -1.88. The number of amides is 14. The van der Waals surface area contributed by atoms with E-state index in [1.165, 1.54) is 67.3 Å². The van der Waals surface area contributed by atoms with Gasteiger partial charge in [-0.1, -0.05) is 65.8 Å². The number of carbonyl (C=O) groups is 17. The number of aromatic hydroxyl groups is 2. The van der Waals surface area contributed by atoms with E-state index < -0.39 is 254 Å². The molecule has 45 heteroatoms. The molecule has 1 fully saturated rings. The minimum Gasteiger partial charge on any atom is -0.508 e. The number of aliphatic hydroxyl groups is 1. The third-order valence-electron chi connectivity index (χ3n) is 18.6. The smallest absolute Gasteiger partial charge is 0.327 e. The highest BCUT2D eigenvalue weighted by Gasteiger charge is 2.42. The van der Waals surface area contributed by atoms with Gasteiger partial charge in [0.1, 0.15) is 84.0 Å². The zero-order valence-electron chi connectivity index (χ0n) is 67.9. The van der Waals surface area contributed by atoms with Crippen LogP contribution in [0.2, 0.25) is 0 Å². The lowest BCUT2D eigenvalue weighted by atomic mass is 9.99. The Hall–Kier alpha value is -12.2. The first-order valence-electron chi connectivity index (χ1n) is 38.9. The maximum Gasteiger partial charge on any atom is 0.327 e. The number of thiol groups is 1. The second-order valence-corrected chi connectivity index (χ2v) is 30.5. The van der Waals surface area contributed by atoms with Crippen LogP contribution in [0.15, 0.2) is 48.5 Å². The van der Waals surface area contributed by atoms with Gasteiger partial charge in [-0.05, 0) is 124 Å². The van der Waals surface area contributed by atoms with Gasteiger partial charge in [0.25, 0.3) is 0 Å². The van der Waals surface area contributed by atoms with Crippen LogP contribution < -0.4 is 97.4 Å². The Bertz CT molecular complexity index is 3910. The van der Waals surface area contributed by atoms with Crippen molar-refractivity contribution in [3.63, 3.8) is 0 Å². The number of likely N-dealkylation sites (tertiary alicyclic amines) is 1. The summed E-state index contributed by atoms with van der Waals surface area (Å²) in [5, 5.41) is 110. The van der Waals surface area contributed by atoms with Crippen molar-refractivity contribution in [3.05, 3.63) is 59.7 Å². The summed E-state index contributed by atoms with van der Waals surface area (Å²) in [6.07, 6.45) is -6.27. The molecule has 14 amide bonds. The monoisotopic (exact) mass is 1710 g/mol. The molecule has 0 spiro atoms. The molecule has 0 aliphatic carbocycles. The number of rotatable bonds is 53. The summed E-state index contributed by atoms with van der Waals surface area (Å²) in [6, 6.07) is -9.76. The van der Waals surface area contributed by atoms with Crippen molar-refractivity contribution >= 4 is 125 Å². The average molecular weight is 1710 g/mol. The van der Waals surface area contributed by atoms with E-state index in [4.69, 9.17) is 33.8 Å². The summed E-state index contributed by atoms with van der Waals surface area (Å²) in [4.78, 5) is 234. The number of guanidine groups is 2. The molecule has 0 saturated carbocycles. The predicted molar refractivity (Wildman–Crippen MR) is 433 cm³/mol. The summed E-state index contributed by atoms with van der Waals surface area (Å²) in [5.41, 5.74) is 22.9. The number of phenolic OH excluding ortho intramolecular Hbond substituents is 2. The molecule has 2 aromatic rings. The first-order valence-corrected chi connectivity index (χ1v) is 39.6. The van der Waals surface area contributed by atoms with Gasteiger partial charge in [-0.25, -0.2) is 4.79 Å². The van der Waals surface area contributed by atoms with Gasteiger partial charge in [-0.3, -0.25) is 87.5 Å². The van der Waals surface area contributed by atoms with Crippen LogP contribution >= 0.6 is 12.6 Å². The van der Waals surface area contributed by atoms with E-state index in [1.54, 1.807) is 27.7 Å². The Labute approximate surface area is 697 Å². The van der Waals surface area contributed by atoms with E-state index in [0.717, 1.165) is 6.92 Å². The molecule has 1 heterocycles. The molecule has 44 nitrogen and oxygen atoms in total. The number of carboxylic acids is 3. The number of nitrogens with one attached hydrogen (secondary N) is 16. The van der Waals surface area contributed by atoms with Gasteiger partial charge < -0.3 is 133 Å². The number of benzene rings is 2. The molecule has 14 atom stereocenters. The second kappa shape index (κ2) is 51.2. The number of primary amides is 1. The Balaban J connectivity index is 2.03. The molecule has 0 unspecified atom stereocenters. The lowest BCUT2D eigenvalue weighted by Gasteiger charge is -2.31. The Morgan fingerprint density at radius 2 is 0.867 bits per heavy atom. The van der Waals surface area contributed by atoms with Crippen LogP contribution in [-0.2, 0) is 94.3 Å². The number of carbonyl (C=O) groups excluding carboxylic acids is 14. The summed E-state index contributed by atoms with van der Waals surface area (Å²) < 4.78 is 0. The Kier molecular flexibility index (Phi) is 43.6. The summed E-state index contributed by atoms with van der Waals surface area (Å²) in [5.74, 6) is -21.8. The zero-order valence-corrected chi connectivity index (χ0v) is 68.8. The third kappa shape index (κ3) is 37.2. The van der Waals surface area contributed by atoms with Gasteiger partial charge in [0.2, 0.25) is 82.7 Å². The highest BCUT2D eigenvalue weighted by molar-refractivity contribution is 7.80. The Morgan fingerprint density at radius 1 is 0.475 bits per heavy atom. The second-order valence-electron chi connectivity index (χ2n) is 30.1. The Morgan fingerprint density at radius 3 is 1.28 bits per heavy atom. The van der Waals surface area contributed by atoms with Crippen molar-refractivity contribution in [2.45, 2.75) is 229 Å². The van der Waals surface area contributed by atoms with Gasteiger partial charge in [0.05, 0.1) is 25.1 Å². The topological polar surface area (TPSA) is 735 Å². The standard InChI is InChI=1S/C75H117N21O23S/c1-36(2)29-49(90-63(108)48(23-25-58(104)105)87-66(111)50(30-37(3)4)92-69(114)54-13-10-28-96(54)72(117)52(32-41-16-20-43(99)21-17-41)93-61(106)44(76)33-55(77)100)67(112)91-51(31-40-14-18-42(98)19-15-40)68(113)88-47(22-24-57(102)103)62(107)86-45(11-8-26-82-74(78)79)64(109)94-59(38(5)6)71(116)89-46(12-9-27-83-75(80)81)65(110)95-60(39(7)97)70(115)84-34-56(101)85-53(35-120)73(118)119/h14-21,36-39,44-54,59-60,97-99,120H,8-13,22-35,76H2,1-7H3,(H2,77,100)(H,84,115)(H,85,101)(H,86,107)(H,87,111)(H,88,113)(H,89,116)(H,90,108)(H,91,112)(H,92,114)(H,93,106)(H,94,109)(H,95,110)(H,102,103)(H,104,105)(H,118,119)(H4,78,79,82)(H4,80,81,83)/t39-,44+,45+,46+,47+,48+,49+,50+,51+,52+,53+,54+,59+,60+/m1/s1. The van der Waals surface area contributed by atoms with Crippen LogP contribution in [0, 0.1) is 28.6 Å². The van der Waals surface area contributed by atoms with E-state index in [0.29, 0.717) is 5.56 Å². The molecule has 3 rings (SSSR count). The maximum absolute atomic E-state index is 14.9. The van der Waals surface area contributed by atoms with Gasteiger partial charge >= 0.3 is 17.9 Å². The van der Waals surface area contributed by atoms with Crippen LogP contribution in [0.4, 0.5) is 0 Å². The van der Waals surface area contributed by atoms with Gasteiger partial charge in [0.15, 0.2) is 11.9 Å². The normalized spacial score (nSPS) is 15.6. The fourth-order valence-electron chi connectivity index (χ4n) is 12.4. The molecule has 1 saturated heterocycles. The lowest BCUT2D eigenvalue weighted by molar-refractivity contribution is -0.142. The molecule has 666 valence electrons. The molecule has 1 aliphatic heterocycles. The molecule has 2 aromatic carbocycles. The van der Waals surface area contributed by atoms with Crippen LogP contribution in [0.3, 0.4) is 0 Å². The molecular formula is C75H117N21O23S. The van der Waals surface area contributed by atoms with E-state index in [9.17, 15) is 112 Å². The number of aliphatic carboxylic acids is 3. The highest BCUT2D eigenvalue weighted by atomic mass is 32.1. The molecule has 120 heavy (non-hydrogen) atoms. The number of carboxylic acid groups (broad SMARTS) is 3. The number of phenols is 2. The molecule has 0 bridgehead atoms. The van der Waals surface area contributed by atoms with Crippen molar-refractivity contribution in [3.8, 4) is 11.5 Å². The molecular weight excluding hydrogens is 1600 g/mol. The van der Waals surface area contributed by atoms with Crippen LogP contribution in [0.5, 0.6) is 11.5 Å². The third-order valence-corrected chi connectivity index (χ3v) is 19.0. The van der Waals surface area contributed by atoms with E-state index in [2.05, 4.69) is 87.1 Å². The van der Waals surface area contributed by atoms with Gasteiger partial charge in [-0.15, -0.1) is 0 Å². The predicted octanol–water partition coefficient (Wildman–Crippen LogP) is -6.07. The van der Waals surface area contributed by atoms with Gasteiger partial charge in [-0.2, -0.15) is 12.6 Å². The first-order chi connectivity index (χ1) is 56.3. The zero-order chi connectivity index (χ0) is 90.4. The van der Waals surface area contributed by atoms with Crippen molar-refractivity contribution in [1.29, 1.82) is 10.8 Å². The van der Waals surface area contributed by atoms with Crippen molar-refractivity contribution in [2.24, 2.45) is 40.7 Å². The van der Waals surface area contributed by atoms with Gasteiger partial charge in [0, 0.05) is 51.1 Å². The summed E-state index contributed by atoms with van der Waals surface area (Å²) in [6.45, 7) is 9.87. The van der Waals surface area contributed by atoms with Crippen LogP contribution in [0.25, 0.3) is 0 Å². The molecule has 0 aromatic heterocycles. The number of aliphatic hydroxyl groups excluding tert-OH is 1. The fourth-order valence-corrected chi connectivity index (χ4v) is 12.6. The largest absolute Gasteiger partial charge is 0.508 e. The highest BCUT2D eigenvalue weighted by Crippen LogP contribution is 2.23. The lowest BCUT2D eigenvalue weighted by Crippen LogP contribution is -2.62. The average Bonchev–Trinajstić information content (AvgIpc) is 1.63. The molecule has 0 radical (unpaired) electrons. The minimum absolute atomic E-state index is 0.000243. The van der Waals surface area contributed by atoms with Crippen LogP contribution in [-0.4, -0.2) is 265 Å². The maximum atomic E-state index is 14.9. The van der Waals surface area contributed by atoms with E-state index in [1.807, 2.05) is 0 Å². The van der Waals surface area contributed by atoms with Crippen molar-refractivity contribution < 1.29 is 112 Å². The molecule has 30 N–H and O–H groups in total. The number of nitrogens with two attached hydrogens (primary N) is 4. The summed E-state index contributed by atoms with van der Waals surface area (Å²) >= 11 is 3.87. The number of nitrogens with zero attached hydrogens (tertiary/aromatic N) is 1. The summed E-state index contributed by atoms with van der Waals surface area (Å²) in [7, 11) is 0. The van der Waals surface area contributed by atoms with Crippen LogP contribution in [0.1, 0.15) is 143 Å². The SMILES string of the molecule is CC(C)C[C@H](NC(=O)[C@H](CCC(=O)O)NC(=O)[C@H](CC(C)C)NC(=O)[C@@H]1CCCN1C(=O)[C@H](Cc1ccc(O)cc1)NC(=O)[C@@H](N)CC(N)=O)C(=O)N[C@@H](Cc1ccc(O)cc1)C(=O)N[C@@H](CCC(=O)O)C(=O)N[C@@H](CCCNC(=N)N)C(=O)N[C@H](C(=O)N[C@@H](CCCNC(=N)N)C(=O)N[C@H](C(=O)NCC(=O)N[C@@H](CS)C(=O)O)[C@@H](C)O)C(C)C. The van der Waals surface area contributed by atoms with E-state index >= 15 is 0 Å².